The lowest BCUT2D eigenvalue weighted by Crippen LogP contribution is -2.42. The highest BCUT2D eigenvalue weighted by molar-refractivity contribution is 5.87. The zero-order chi connectivity index (χ0) is 14.7. The Morgan fingerprint density at radius 1 is 1.00 bits per heavy atom. The van der Waals surface area contributed by atoms with Gasteiger partial charge in [0.05, 0.1) is 13.2 Å². The summed E-state index contributed by atoms with van der Waals surface area (Å²) in [5.41, 5.74) is 0.819. The summed E-state index contributed by atoms with van der Waals surface area (Å²) in [6.07, 6.45) is 0.0615. The largest absolute Gasteiger partial charge is 0.450 e. The molecule has 0 fully saturated rings. The number of hydrogen-bond donors (Lipinski definition) is 3. The fourth-order valence-corrected chi connectivity index (χ4v) is 0.952. The van der Waals surface area contributed by atoms with Gasteiger partial charge in [-0.2, -0.15) is 0 Å². The number of rotatable bonds is 8. The van der Waals surface area contributed by atoms with Gasteiger partial charge in [0.2, 0.25) is 11.8 Å². The zero-order valence-electron chi connectivity index (χ0n) is 11.4. The average Bonchev–Trinajstić information content (AvgIpc) is 2.37. The van der Waals surface area contributed by atoms with Crippen molar-refractivity contribution in [3.05, 3.63) is 12.2 Å². The Hall–Kier alpha value is -2.05. The maximum atomic E-state index is 11.3. The van der Waals surface area contributed by atoms with E-state index in [9.17, 15) is 14.4 Å². The molecule has 3 amide bonds. The van der Waals surface area contributed by atoms with E-state index in [1.807, 2.05) is 6.92 Å². The first-order chi connectivity index (χ1) is 8.95. The third-order valence-electron chi connectivity index (χ3n) is 1.86. The molecule has 0 spiro atoms. The quantitative estimate of drug-likeness (QED) is 0.538. The van der Waals surface area contributed by atoms with Crippen molar-refractivity contribution in [3.8, 4) is 0 Å². The van der Waals surface area contributed by atoms with E-state index in [4.69, 9.17) is 4.74 Å². The van der Waals surface area contributed by atoms with E-state index < -0.39 is 12.0 Å². The third kappa shape index (κ3) is 10.8. The Bertz CT molecular complexity index is 342. The number of alkyl carbamates (subject to hydrolysis) is 1. The highest BCUT2D eigenvalue weighted by Gasteiger charge is 2.07. The number of hydrogen-bond acceptors (Lipinski definition) is 4. The Morgan fingerprint density at radius 3 is 2.05 bits per heavy atom. The van der Waals surface area contributed by atoms with Crippen LogP contribution in [-0.4, -0.2) is 44.1 Å². The normalized spacial score (nSPS) is 9.37. The van der Waals surface area contributed by atoms with Crippen molar-refractivity contribution < 1.29 is 19.1 Å². The van der Waals surface area contributed by atoms with Gasteiger partial charge in [0.25, 0.3) is 0 Å². The molecule has 0 bridgehead atoms. The summed E-state index contributed by atoms with van der Waals surface area (Å²) in [6, 6.07) is 0. The first-order valence-electron chi connectivity index (χ1n) is 6.04. The van der Waals surface area contributed by atoms with Crippen molar-refractivity contribution in [2.45, 2.75) is 20.3 Å². The SMILES string of the molecule is C=C(C)CNC(=O)CNC(=O)CNC(=O)OCCC. The summed E-state index contributed by atoms with van der Waals surface area (Å²) in [6.45, 7) is 7.59. The topological polar surface area (TPSA) is 96.5 Å². The van der Waals surface area contributed by atoms with Crippen LogP contribution in [0.2, 0.25) is 0 Å². The summed E-state index contributed by atoms with van der Waals surface area (Å²) in [7, 11) is 0. The monoisotopic (exact) mass is 271 g/mol. The summed E-state index contributed by atoms with van der Waals surface area (Å²) >= 11 is 0. The van der Waals surface area contributed by atoms with Crippen LogP contribution in [0.4, 0.5) is 4.79 Å². The predicted molar refractivity (Wildman–Crippen MR) is 70.5 cm³/mol. The average molecular weight is 271 g/mol. The molecule has 0 unspecified atom stereocenters. The second-order valence-corrected chi connectivity index (χ2v) is 4.00. The van der Waals surface area contributed by atoms with Crippen molar-refractivity contribution in [1.82, 2.24) is 16.0 Å². The summed E-state index contributed by atoms with van der Waals surface area (Å²) < 4.78 is 4.71. The van der Waals surface area contributed by atoms with Crippen LogP contribution >= 0.6 is 0 Å². The number of carbonyl (C=O) groups excluding carboxylic acids is 3. The second kappa shape index (κ2) is 9.93. The molecule has 19 heavy (non-hydrogen) atoms. The standard InChI is InChI=1S/C12H21N3O4/c1-4-5-19-12(18)15-8-11(17)14-7-10(16)13-6-9(2)3/h2,4-8H2,1,3H3,(H,13,16)(H,14,17)(H,15,18). The van der Waals surface area contributed by atoms with Crippen molar-refractivity contribution >= 4 is 17.9 Å². The van der Waals surface area contributed by atoms with Gasteiger partial charge < -0.3 is 20.7 Å². The molecule has 0 aliphatic rings. The van der Waals surface area contributed by atoms with Gasteiger partial charge in [0.15, 0.2) is 0 Å². The summed E-state index contributed by atoms with van der Waals surface area (Å²) in [5, 5.41) is 7.20. The molecule has 3 N–H and O–H groups in total. The van der Waals surface area contributed by atoms with Crippen LogP contribution in [0.3, 0.4) is 0 Å². The van der Waals surface area contributed by atoms with Crippen LogP contribution in [-0.2, 0) is 14.3 Å². The Balaban J connectivity index is 3.66. The van der Waals surface area contributed by atoms with E-state index in [0.717, 1.165) is 5.57 Å². The molecule has 7 nitrogen and oxygen atoms in total. The molecule has 0 radical (unpaired) electrons. The molecular weight excluding hydrogens is 250 g/mol. The maximum Gasteiger partial charge on any atom is 0.407 e. The van der Waals surface area contributed by atoms with Crippen LogP contribution < -0.4 is 16.0 Å². The number of amides is 3. The minimum atomic E-state index is -0.649. The Kier molecular flexibility index (Phi) is 8.86. The molecule has 0 aliphatic carbocycles. The van der Waals surface area contributed by atoms with Gasteiger partial charge in [-0.15, -0.1) is 0 Å². The van der Waals surface area contributed by atoms with E-state index in [-0.39, 0.29) is 19.0 Å². The predicted octanol–water partition coefficient (Wildman–Crippen LogP) is -0.0689. The molecular formula is C12H21N3O4. The van der Waals surface area contributed by atoms with Crippen molar-refractivity contribution in [3.63, 3.8) is 0 Å². The smallest absolute Gasteiger partial charge is 0.407 e. The van der Waals surface area contributed by atoms with Gasteiger partial charge in [-0.25, -0.2) is 4.79 Å². The maximum absolute atomic E-state index is 11.3. The molecule has 0 saturated carbocycles. The van der Waals surface area contributed by atoms with Gasteiger partial charge in [-0.1, -0.05) is 19.1 Å². The Morgan fingerprint density at radius 2 is 1.53 bits per heavy atom. The van der Waals surface area contributed by atoms with E-state index >= 15 is 0 Å². The highest BCUT2D eigenvalue weighted by atomic mass is 16.5. The fraction of sp³-hybridized carbons (Fsp3) is 0.583. The molecule has 0 aliphatic heterocycles. The molecule has 7 heteroatoms. The van der Waals surface area contributed by atoms with Crippen LogP contribution in [0, 0.1) is 0 Å². The zero-order valence-corrected chi connectivity index (χ0v) is 11.4. The van der Waals surface area contributed by atoms with Crippen LogP contribution in [0.15, 0.2) is 12.2 Å². The van der Waals surface area contributed by atoms with Gasteiger partial charge in [0.1, 0.15) is 6.54 Å². The number of ether oxygens (including phenoxy) is 1. The molecule has 108 valence electrons. The lowest BCUT2D eigenvalue weighted by atomic mass is 10.3. The summed E-state index contributed by atoms with van der Waals surface area (Å²) in [4.78, 5) is 33.6. The van der Waals surface area contributed by atoms with Crippen molar-refractivity contribution in [2.75, 3.05) is 26.2 Å². The Labute approximate surface area is 112 Å². The van der Waals surface area contributed by atoms with Gasteiger partial charge in [-0.05, 0) is 13.3 Å². The van der Waals surface area contributed by atoms with Gasteiger partial charge >= 0.3 is 6.09 Å². The fourth-order valence-electron chi connectivity index (χ4n) is 0.952. The van der Waals surface area contributed by atoms with Crippen LogP contribution in [0.1, 0.15) is 20.3 Å². The summed E-state index contributed by atoms with van der Waals surface area (Å²) in [5.74, 6) is -0.774. The molecule has 0 atom stereocenters. The van der Waals surface area contributed by atoms with E-state index in [1.165, 1.54) is 0 Å². The first kappa shape index (κ1) is 16.9. The van der Waals surface area contributed by atoms with Gasteiger partial charge in [0, 0.05) is 6.54 Å². The molecule has 0 aromatic carbocycles. The van der Waals surface area contributed by atoms with Gasteiger partial charge in [-0.3, -0.25) is 9.59 Å². The minimum Gasteiger partial charge on any atom is -0.450 e. The second-order valence-electron chi connectivity index (χ2n) is 4.00. The molecule has 0 aromatic rings. The van der Waals surface area contributed by atoms with Crippen molar-refractivity contribution in [1.29, 1.82) is 0 Å². The highest BCUT2D eigenvalue weighted by Crippen LogP contribution is 1.82. The molecule has 0 saturated heterocycles. The molecule has 0 rings (SSSR count). The van der Waals surface area contributed by atoms with Crippen LogP contribution in [0.5, 0.6) is 0 Å². The van der Waals surface area contributed by atoms with Crippen molar-refractivity contribution in [2.24, 2.45) is 0 Å². The van der Waals surface area contributed by atoms with Crippen LogP contribution in [0.25, 0.3) is 0 Å². The number of nitrogens with one attached hydrogen (secondary N) is 3. The molecule has 0 heterocycles. The third-order valence-corrected chi connectivity index (χ3v) is 1.86. The first-order valence-corrected chi connectivity index (χ1v) is 6.04. The van der Waals surface area contributed by atoms with E-state index in [1.54, 1.807) is 6.92 Å². The lowest BCUT2D eigenvalue weighted by Gasteiger charge is -2.08. The van der Waals surface area contributed by atoms with E-state index in [0.29, 0.717) is 19.6 Å². The number of carbonyl (C=O) groups is 3. The van der Waals surface area contributed by atoms with E-state index in [2.05, 4.69) is 22.5 Å². The lowest BCUT2D eigenvalue weighted by molar-refractivity contribution is -0.125. The molecule has 0 aromatic heterocycles. The minimum absolute atomic E-state index is 0.141.